The molecule has 0 aliphatic heterocycles. The highest BCUT2D eigenvalue weighted by Crippen LogP contribution is 2.07. The standard InChI is InChI=1S/C11H17NS/c1-12(2)9-11-5-3-4-10(8-11)6-7-13/h3-5,8,13H,6-7,9H2,1-2H3. The van der Waals surface area contributed by atoms with Crippen molar-refractivity contribution in [2.45, 2.75) is 13.0 Å². The molecule has 13 heavy (non-hydrogen) atoms. The van der Waals surface area contributed by atoms with Gasteiger partial charge in [0.15, 0.2) is 0 Å². The normalized spacial score (nSPS) is 10.8. The Hall–Kier alpha value is -0.470. The minimum absolute atomic E-state index is 0.922. The number of nitrogens with zero attached hydrogens (tertiary/aromatic N) is 1. The summed E-state index contributed by atoms with van der Waals surface area (Å²) in [5, 5.41) is 0. The molecule has 0 amide bonds. The van der Waals surface area contributed by atoms with Crippen molar-refractivity contribution >= 4 is 12.6 Å². The molecule has 0 radical (unpaired) electrons. The van der Waals surface area contributed by atoms with Gasteiger partial charge in [0, 0.05) is 6.54 Å². The molecule has 72 valence electrons. The Morgan fingerprint density at radius 1 is 1.23 bits per heavy atom. The van der Waals surface area contributed by atoms with Crippen molar-refractivity contribution in [3.05, 3.63) is 35.4 Å². The molecule has 0 aliphatic carbocycles. The lowest BCUT2D eigenvalue weighted by molar-refractivity contribution is 0.402. The zero-order chi connectivity index (χ0) is 9.68. The van der Waals surface area contributed by atoms with E-state index in [1.54, 1.807) is 0 Å². The van der Waals surface area contributed by atoms with Crippen molar-refractivity contribution in [2.24, 2.45) is 0 Å². The number of hydrogen-bond donors (Lipinski definition) is 1. The number of aryl methyl sites for hydroxylation is 1. The highest BCUT2D eigenvalue weighted by atomic mass is 32.1. The molecule has 1 nitrogen and oxygen atoms in total. The maximum absolute atomic E-state index is 4.23. The second-order valence-corrected chi connectivity index (χ2v) is 3.98. The molecule has 0 spiro atoms. The van der Waals surface area contributed by atoms with Gasteiger partial charge in [-0.3, -0.25) is 0 Å². The molecule has 0 aliphatic rings. The van der Waals surface area contributed by atoms with Gasteiger partial charge in [-0.25, -0.2) is 0 Å². The van der Waals surface area contributed by atoms with Crippen LogP contribution in [0.25, 0.3) is 0 Å². The molecule has 1 aromatic carbocycles. The van der Waals surface area contributed by atoms with Gasteiger partial charge in [-0.05, 0) is 37.4 Å². The van der Waals surface area contributed by atoms with Crippen LogP contribution in [0.4, 0.5) is 0 Å². The number of rotatable bonds is 4. The predicted molar refractivity (Wildman–Crippen MR) is 61.4 cm³/mol. The molecule has 0 bridgehead atoms. The van der Waals surface area contributed by atoms with Crippen LogP contribution in [0.1, 0.15) is 11.1 Å². The summed E-state index contributed by atoms with van der Waals surface area (Å²) in [6.07, 6.45) is 1.06. The quantitative estimate of drug-likeness (QED) is 0.721. The first-order valence-electron chi connectivity index (χ1n) is 4.56. The van der Waals surface area contributed by atoms with E-state index in [1.165, 1.54) is 11.1 Å². The number of thiol groups is 1. The highest BCUT2D eigenvalue weighted by molar-refractivity contribution is 7.80. The first-order valence-corrected chi connectivity index (χ1v) is 5.19. The average molecular weight is 195 g/mol. The van der Waals surface area contributed by atoms with Crippen LogP contribution >= 0.6 is 12.6 Å². The Kier molecular flexibility index (Phi) is 4.33. The summed E-state index contributed by atoms with van der Waals surface area (Å²) in [5.74, 6) is 0.922. The Morgan fingerprint density at radius 2 is 1.92 bits per heavy atom. The fraction of sp³-hybridized carbons (Fsp3) is 0.455. The molecule has 0 aromatic heterocycles. The summed E-state index contributed by atoms with van der Waals surface area (Å²) in [6, 6.07) is 8.71. The monoisotopic (exact) mass is 195 g/mol. The van der Waals surface area contributed by atoms with Crippen LogP contribution in [0.15, 0.2) is 24.3 Å². The van der Waals surface area contributed by atoms with Crippen molar-refractivity contribution in [1.29, 1.82) is 0 Å². The molecular weight excluding hydrogens is 178 g/mol. The summed E-state index contributed by atoms with van der Waals surface area (Å²) in [6.45, 7) is 1.01. The maximum atomic E-state index is 4.23. The zero-order valence-corrected chi connectivity index (χ0v) is 9.22. The minimum Gasteiger partial charge on any atom is -0.305 e. The maximum Gasteiger partial charge on any atom is 0.0227 e. The molecule has 0 unspecified atom stereocenters. The van der Waals surface area contributed by atoms with E-state index in [0.29, 0.717) is 0 Å². The fourth-order valence-electron chi connectivity index (χ4n) is 1.38. The SMILES string of the molecule is CN(C)Cc1cccc(CCS)c1. The van der Waals surface area contributed by atoms with E-state index in [-0.39, 0.29) is 0 Å². The molecule has 0 saturated carbocycles. The summed E-state index contributed by atoms with van der Waals surface area (Å²) in [4.78, 5) is 2.18. The van der Waals surface area contributed by atoms with E-state index in [2.05, 4.69) is 55.9 Å². The van der Waals surface area contributed by atoms with Gasteiger partial charge in [-0.2, -0.15) is 12.6 Å². The van der Waals surface area contributed by atoms with Crippen molar-refractivity contribution in [3.8, 4) is 0 Å². The van der Waals surface area contributed by atoms with Gasteiger partial charge in [-0.15, -0.1) is 0 Å². The predicted octanol–water partition coefficient (Wildman–Crippen LogP) is 2.22. The van der Waals surface area contributed by atoms with Gasteiger partial charge in [0.1, 0.15) is 0 Å². The summed E-state index contributed by atoms with van der Waals surface area (Å²) < 4.78 is 0. The van der Waals surface area contributed by atoms with Gasteiger partial charge in [0.2, 0.25) is 0 Å². The highest BCUT2D eigenvalue weighted by Gasteiger charge is 1.96. The Labute approximate surface area is 86.2 Å². The lowest BCUT2D eigenvalue weighted by atomic mass is 10.1. The third-order valence-electron chi connectivity index (χ3n) is 1.89. The van der Waals surface area contributed by atoms with Gasteiger partial charge in [0.05, 0.1) is 0 Å². The fourth-order valence-corrected chi connectivity index (χ4v) is 1.64. The summed E-state index contributed by atoms with van der Waals surface area (Å²) in [7, 11) is 4.18. The van der Waals surface area contributed by atoms with Crippen molar-refractivity contribution in [2.75, 3.05) is 19.8 Å². The zero-order valence-electron chi connectivity index (χ0n) is 8.33. The van der Waals surface area contributed by atoms with Crippen molar-refractivity contribution in [3.63, 3.8) is 0 Å². The second-order valence-electron chi connectivity index (χ2n) is 3.53. The molecular formula is C11H17NS. The average Bonchev–Trinajstić information content (AvgIpc) is 2.04. The van der Waals surface area contributed by atoms with E-state index in [9.17, 15) is 0 Å². The van der Waals surface area contributed by atoms with Gasteiger partial charge >= 0.3 is 0 Å². The van der Waals surface area contributed by atoms with E-state index in [4.69, 9.17) is 0 Å². The van der Waals surface area contributed by atoms with Crippen molar-refractivity contribution in [1.82, 2.24) is 4.90 Å². The van der Waals surface area contributed by atoms with E-state index >= 15 is 0 Å². The van der Waals surface area contributed by atoms with Crippen LogP contribution < -0.4 is 0 Å². The van der Waals surface area contributed by atoms with Crippen LogP contribution in [0.3, 0.4) is 0 Å². The lowest BCUT2D eigenvalue weighted by Crippen LogP contribution is -2.10. The molecule has 1 rings (SSSR count). The smallest absolute Gasteiger partial charge is 0.0227 e. The van der Waals surface area contributed by atoms with Gasteiger partial charge in [-0.1, -0.05) is 24.3 Å². The van der Waals surface area contributed by atoms with E-state index in [1.807, 2.05) is 0 Å². The molecule has 0 N–H and O–H groups in total. The third-order valence-corrected chi connectivity index (χ3v) is 2.11. The van der Waals surface area contributed by atoms with Crippen molar-refractivity contribution < 1.29 is 0 Å². The first kappa shape index (κ1) is 10.6. The number of hydrogen-bond acceptors (Lipinski definition) is 2. The van der Waals surface area contributed by atoms with Crippen LogP contribution in [-0.2, 0) is 13.0 Å². The lowest BCUT2D eigenvalue weighted by Gasteiger charge is -2.10. The summed E-state index contributed by atoms with van der Waals surface area (Å²) in [5.41, 5.74) is 2.76. The van der Waals surface area contributed by atoms with Crippen LogP contribution in [0, 0.1) is 0 Å². The van der Waals surface area contributed by atoms with Crippen LogP contribution in [-0.4, -0.2) is 24.7 Å². The number of benzene rings is 1. The topological polar surface area (TPSA) is 3.24 Å². The van der Waals surface area contributed by atoms with Crippen LogP contribution in [0.2, 0.25) is 0 Å². The third kappa shape index (κ3) is 3.83. The van der Waals surface area contributed by atoms with E-state index < -0.39 is 0 Å². The Bertz CT molecular complexity index is 258. The molecule has 0 heterocycles. The first-order chi connectivity index (χ1) is 6.22. The minimum atomic E-state index is 0.922. The van der Waals surface area contributed by atoms with Gasteiger partial charge < -0.3 is 4.90 Å². The Morgan fingerprint density at radius 3 is 2.54 bits per heavy atom. The van der Waals surface area contributed by atoms with Gasteiger partial charge in [0.25, 0.3) is 0 Å². The summed E-state index contributed by atoms with van der Waals surface area (Å²) >= 11 is 4.23. The Balaban J connectivity index is 2.67. The van der Waals surface area contributed by atoms with Crippen LogP contribution in [0.5, 0.6) is 0 Å². The van der Waals surface area contributed by atoms with E-state index in [0.717, 1.165) is 18.7 Å². The molecule has 2 heteroatoms. The largest absolute Gasteiger partial charge is 0.305 e. The molecule has 0 saturated heterocycles. The molecule has 0 fully saturated rings. The molecule has 1 aromatic rings. The second kappa shape index (κ2) is 5.30. The molecule has 0 atom stereocenters.